The van der Waals surface area contributed by atoms with Crippen LogP contribution < -0.4 is 5.32 Å². The molecule has 5 nitrogen and oxygen atoms in total. The van der Waals surface area contributed by atoms with Crippen LogP contribution >= 0.6 is 15.9 Å². The summed E-state index contributed by atoms with van der Waals surface area (Å²) >= 11 is 3.33. The van der Waals surface area contributed by atoms with Crippen LogP contribution in [0.5, 0.6) is 0 Å². The first-order valence-corrected chi connectivity index (χ1v) is 6.91. The van der Waals surface area contributed by atoms with Gasteiger partial charge >= 0.3 is 6.09 Å². The normalized spacial score (nSPS) is 15.0. The SMILES string of the molecule is O=C(CCN1CCCOC1=O)Nc1ccc(Br)cc1. The second-order valence-corrected chi connectivity index (χ2v) is 5.18. The van der Waals surface area contributed by atoms with Crippen molar-refractivity contribution in [3.8, 4) is 0 Å². The molecule has 1 aliphatic heterocycles. The smallest absolute Gasteiger partial charge is 0.409 e. The fourth-order valence-corrected chi connectivity index (χ4v) is 2.06. The Morgan fingerprint density at radius 1 is 1.37 bits per heavy atom. The lowest BCUT2D eigenvalue weighted by molar-refractivity contribution is -0.116. The molecule has 0 aliphatic carbocycles. The van der Waals surface area contributed by atoms with Crippen LogP contribution in [-0.2, 0) is 9.53 Å². The Morgan fingerprint density at radius 3 is 2.79 bits per heavy atom. The van der Waals surface area contributed by atoms with Gasteiger partial charge in [0.2, 0.25) is 5.91 Å². The molecular weight excluding hydrogens is 312 g/mol. The summed E-state index contributed by atoms with van der Waals surface area (Å²) in [4.78, 5) is 24.7. The molecule has 2 amide bonds. The van der Waals surface area contributed by atoms with Crippen LogP contribution in [-0.4, -0.2) is 36.6 Å². The summed E-state index contributed by atoms with van der Waals surface area (Å²) < 4.78 is 5.86. The highest BCUT2D eigenvalue weighted by Crippen LogP contribution is 2.14. The van der Waals surface area contributed by atoms with Gasteiger partial charge in [-0.1, -0.05) is 15.9 Å². The molecule has 1 heterocycles. The predicted molar refractivity (Wildman–Crippen MR) is 74.9 cm³/mol. The number of carbonyl (C=O) groups excluding carboxylic acids is 2. The van der Waals surface area contributed by atoms with E-state index < -0.39 is 0 Å². The van der Waals surface area contributed by atoms with Crippen LogP contribution in [0, 0.1) is 0 Å². The van der Waals surface area contributed by atoms with Crippen molar-refractivity contribution in [1.82, 2.24) is 4.90 Å². The first kappa shape index (κ1) is 13.9. The summed E-state index contributed by atoms with van der Waals surface area (Å²) in [5, 5.41) is 2.78. The van der Waals surface area contributed by atoms with E-state index in [9.17, 15) is 9.59 Å². The molecule has 1 fully saturated rings. The molecule has 1 aliphatic rings. The van der Waals surface area contributed by atoms with Gasteiger partial charge in [-0.15, -0.1) is 0 Å². The Kier molecular flexibility index (Phi) is 4.79. The summed E-state index contributed by atoms with van der Waals surface area (Å²) in [6, 6.07) is 7.35. The quantitative estimate of drug-likeness (QED) is 0.925. The van der Waals surface area contributed by atoms with Crippen LogP contribution in [0.3, 0.4) is 0 Å². The summed E-state index contributed by atoms with van der Waals surface area (Å²) in [5.41, 5.74) is 0.745. The zero-order valence-corrected chi connectivity index (χ0v) is 12.0. The minimum atomic E-state index is -0.331. The fourth-order valence-electron chi connectivity index (χ4n) is 1.79. The summed E-state index contributed by atoms with van der Waals surface area (Å²) in [7, 11) is 0. The van der Waals surface area contributed by atoms with Gasteiger partial charge in [0, 0.05) is 29.7 Å². The van der Waals surface area contributed by atoms with E-state index in [2.05, 4.69) is 21.2 Å². The highest BCUT2D eigenvalue weighted by atomic mass is 79.9. The number of hydrogen-bond acceptors (Lipinski definition) is 3. The van der Waals surface area contributed by atoms with Crippen molar-refractivity contribution in [2.45, 2.75) is 12.8 Å². The standard InChI is InChI=1S/C13H15BrN2O3/c14-10-2-4-11(5-3-10)15-12(17)6-8-16-7-1-9-19-13(16)18/h2-5H,1,6-9H2,(H,15,17). The van der Waals surface area contributed by atoms with Crippen molar-refractivity contribution in [3.05, 3.63) is 28.7 Å². The Bertz CT molecular complexity index is 461. The van der Waals surface area contributed by atoms with Crippen molar-refractivity contribution in [2.75, 3.05) is 25.0 Å². The average molecular weight is 327 g/mol. The van der Waals surface area contributed by atoms with Gasteiger partial charge in [0.25, 0.3) is 0 Å². The first-order valence-electron chi connectivity index (χ1n) is 6.12. The Hall–Kier alpha value is -1.56. The van der Waals surface area contributed by atoms with Crippen LogP contribution in [0.1, 0.15) is 12.8 Å². The number of benzene rings is 1. The van der Waals surface area contributed by atoms with Gasteiger partial charge < -0.3 is 15.0 Å². The number of ether oxygens (including phenoxy) is 1. The second kappa shape index (κ2) is 6.56. The summed E-state index contributed by atoms with van der Waals surface area (Å²) in [5.74, 6) is -0.110. The Labute approximate surface area is 120 Å². The number of carbonyl (C=O) groups is 2. The molecule has 0 aromatic heterocycles. The molecular formula is C13H15BrN2O3. The molecule has 0 radical (unpaired) electrons. The third-order valence-corrected chi connectivity index (χ3v) is 3.32. The molecule has 0 saturated carbocycles. The minimum Gasteiger partial charge on any atom is -0.449 e. The number of halogens is 1. The minimum absolute atomic E-state index is 0.110. The van der Waals surface area contributed by atoms with E-state index in [0.29, 0.717) is 19.7 Å². The van der Waals surface area contributed by atoms with Crippen molar-refractivity contribution in [1.29, 1.82) is 0 Å². The predicted octanol–water partition coefficient (Wildman–Crippen LogP) is 2.62. The van der Waals surface area contributed by atoms with Gasteiger partial charge in [-0.3, -0.25) is 4.79 Å². The third kappa shape index (κ3) is 4.24. The number of rotatable bonds is 4. The molecule has 1 aromatic rings. The molecule has 0 unspecified atom stereocenters. The number of cyclic esters (lactones) is 1. The maximum atomic E-state index is 11.7. The number of nitrogens with zero attached hydrogens (tertiary/aromatic N) is 1. The fraction of sp³-hybridized carbons (Fsp3) is 0.385. The van der Waals surface area contributed by atoms with E-state index in [1.54, 1.807) is 4.90 Å². The topological polar surface area (TPSA) is 58.6 Å². The van der Waals surface area contributed by atoms with E-state index >= 15 is 0 Å². The first-order chi connectivity index (χ1) is 9.15. The molecule has 1 N–H and O–H groups in total. The Morgan fingerprint density at radius 2 is 2.11 bits per heavy atom. The second-order valence-electron chi connectivity index (χ2n) is 4.26. The number of nitrogens with one attached hydrogen (secondary N) is 1. The van der Waals surface area contributed by atoms with Gasteiger partial charge in [-0.2, -0.15) is 0 Å². The van der Waals surface area contributed by atoms with Gasteiger partial charge in [-0.25, -0.2) is 4.79 Å². The summed E-state index contributed by atoms with van der Waals surface area (Å²) in [6.45, 7) is 1.52. The molecule has 0 atom stereocenters. The van der Waals surface area contributed by atoms with E-state index in [1.165, 1.54) is 0 Å². The van der Waals surface area contributed by atoms with Gasteiger partial charge in [-0.05, 0) is 30.7 Å². The van der Waals surface area contributed by atoms with Crippen molar-refractivity contribution in [2.24, 2.45) is 0 Å². The van der Waals surface area contributed by atoms with Gasteiger partial charge in [0.1, 0.15) is 0 Å². The highest BCUT2D eigenvalue weighted by Gasteiger charge is 2.19. The number of anilines is 1. The lowest BCUT2D eigenvalue weighted by atomic mass is 10.3. The average Bonchev–Trinajstić information content (AvgIpc) is 2.40. The van der Waals surface area contributed by atoms with Crippen LogP contribution in [0.2, 0.25) is 0 Å². The van der Waals surface area contributed by atoms with Crippen molar-refractivity contribution in [3.63, 3.8) is 0 Å². The van der Waals surface area contributed by atoms with Gasteiger partial charge in [0.05, 0.1) is 6.61 Å². The lowest BCUT2D eigenvalue weighted by Gasteiger charge is -2.25. The van der Waals surface area contributed by atoms with Gasteiger partial charge in [0.15, 0.2) is 0 Å². The molecule has 1 aromatic carbocycles. The van der Waals surface area contributed by atoms with Crippen molar-refractivity contribution < 1.29 is 14.3 Å². The number of amides is 2. The Balaban J connectivity index is 1.78. The molecule has 19 heavy (non-hydrogen) atoms. The third-order valence-electron chi connectivity index (χ3n) is 2.79. The van der Waals surface area contributed by atoms with E-state index in [1.807, 2.05) is 24.3 Å². The van der Waals surface area contributed by atoms with Crippen LogP contribution in [0.25, 0.3) is 0 Å². The maximum Gasteiger partial charge on any atom is 0.409 e. The largest absolute Gasteiger partial charge is 0.449 e. The van der Waals surface area contributed by atoms with Crippen LogP contribution in [0.4, 0.5) is 10.5 Å². The lowest BCUT2D eigenvalue weighted by Crippen LogP contribution is -2.39. The monoisotopic (exact) mass is 326 g/mol. The summed E-state index contributed by atoms with van der Waals surface area (Å²) in [6.07, 6.45) is 0.758. The molecule has 0 spiro atoms. The maximum absolute atomic E-state index is 11.7. The number of hydrogen-bond donors (Lipinski definition) is 1. The molecule has 2 rings (SSSR count). The zero-order valence-electron chi connectivity index (χ0n) is 10.4. The molecule has 0 bridgehead atoms. The molecule has 6 heteroatoms. The van der Waals surface area contributed by atoms with E-state index in [0.717, 1.165) is 16.6 Å². The van der Waals surface area contributed by atoms with E-state index in [-0.39, 0.29) is 18.4 Å². The zero-order chi connectivity index (χ0) is 13.7. The van der Waals surface area contributed by atoms with Crippen LogP contribution in [0.15, 0.2) is 28.7 Å². The highest BCUT2D eigenvalue weighted by molar-refractivity contribution is 9.10. The van der Waals surface area contributed by atoms with E-state index in [4.69, 9.17) is 4.74 Å². The molecule has 102 valence electrons. The molecule has 1 saturated heterocycles. The van der Waals surface area contributed by atoms with Crippen molar-refractivity contribution >= 4 is 33.6 Å².